The van der Waals surface area contributed by atoms with E-state index in [0.29, 0.717) is 0 Å². The summed E-state index contributed by atoms with van der Waals surface area (Å²) in [5.41, 5.74) is 2.10. The highest BCUT2D eigenvalue weighted by molar-refractivity contribution is 5.23. The first-order chi connectivity index (χ1) is 9.72. The summed E-state index contributed by atoms with van der Waals surface area (Å²) in [6, 6.07) is 2.10. The molecule has 1 aromatic heterocycles. The molecule has 1 aliphatic heterocycles. The fraction of sp³-hybridized carbons (Fsp3) is 0.706. The van der Waals surface area contributed by atoms with Crippen molar-refractivity contribution in [1.29, 1.82) is 0 Å². The zero-order valence-electron chi connectivity index (χ0n) is 12.5. The lowest BCUT2D eigenvalue weighted by atomic mass is 9.83. The van der Waals surface area contributed by atoms with E-state index >= 15 is 0 Å². The van der Waals surface area contributed by atoms with Gasteiger partial charge in [-0.2, -0.15) is 0 Å². The Morgan fingerprint density at radius 1 is 1.10 bits per heavy atom. The third kappa shape index (κ3) is 2.49. The zero-order valence-corrected chi connectivity index (χ0v) is 12.5. The van der Waals surface area contributed by atoms with Gasteiger partial charge in [0.2, 0.25) is 0 Å². The third-order valence-corrected chi connectivity index (χ3v) is 5.18. The first-order valence-corrected chi connectivity index (χ1v) is 8.07. The van der Waals surface area contributed by atoms with Gasteiger partial charge in [0.15, 0.2) is 0 Å². The summed E-state index contributed by atoms with van der Waals surface area (Å²) >= 11 is 0. The first kappa shape index (κ1) is 14.0. The van der Waals surface area contributed by atoms with E-state index < -0.39 is 6.10 Å². The predicted molar refractivity (Wildman–Crippen MR) is 80.6 cm³/mol. The lowest BCUT2D eigenvalue weighted by Gasteiger charge is -2.46. The number of hydrogen-bond donors (Lipinski definition) is 1. The van der Waals surface area contributed by atoms with Gasteiger partial charge in [-0.15, -0.1) is 0 Å². The van der Waals surface area contributed by atoms with Gasteiger partial charge in [0.25, 0.3) is 0 Å². The molecule has 1 saturated carbocycles. The molecule has 1 saturated heterocycles. The Kier molecular flexibility index (Phi) is 4.08. The van der Waals surface area contributed by atoms with Crippen molar-refractivity contribution in [3.05, 3.63) is 29.6 Å². The molecule has 3 rings (SSSR count). The summed E-state index contributed by atoms with van der Waals surface area (Å²) in [5, 5.41) is 11.1. The molecule has 0 spiro atoms. The molecule has 0 amide bonds. The minimum Gasteiger partial charge on any atom is -0.386 e. The predicted octanol–water partition coefficient (Wildman–Crippen LogP) is 3.22. The lowest BCUT2D eigenvalue weighted by Crippen LogP contribution is -2.53. The van der Waals surface area contributed by atoms with E-state index in [1.807, 2.05) is 19.3 Å². The fourth-order valence-electron chi connectivity index (χ4n) is 4.13. The summed E-state index contributed by atoms with van der Waals surface area (Å²) in [4.78, 5) is 6.85. The van der Waals surface area contributed by atoms with E-state index in [1.54, 1.807) is 0 Å². The van der Waals surface area contributed by atoms with E-state index in [2.05, 4.69) is 16.0 Å². The minimum absolute atomic E-state index is 0.0319. The van der Waals surface area contributed by atoms with Crippen LogP contribution >= 0.6 is 0 Å². The van der Waals surface area contributed by atoms with Crippen LogP contribution in [0.1, 0.15) is 62.2 Å². The molecule has 2 fully saturated rings. The molecule has 110 valence electrons. The Morgan fingerprint density at radius 3 is 2.45 bits per heavy atom. The van der Waals surface area contributed by atoms with E-state index in [1.165, 1.54) is 32.1 Å². The molecule has 0 radical (unpaired) electrons. The number of likely N-dealkylation sites (tertiary alicyclic amines) is 1. The summed E-state index contributed by atoms with van der Waals surface area (Å²) in [5.74, 6) is 0. The first-order valence-electron chi connectivity index (χ1n) is 8.07. The molecule has 1 N–H and O–H groups in total. The molecule has 0 bridgehead atoms. The Morgan fingerprint density at radius 2 is 1.80 bits per heavy atom. The van der Waals surface area contributed by atoms with Crippen molar-refractivity contribution in [1.82, 2.24) is 9.88 Å². The van der Waals surface area contributed by atoms with E-state index in [-0.39, 0.29) is 5.54 Å². The van der Waals surface area contributed by atoms with Crippen LogP contribution in [0.4, 0.5) is 0 Å². The molecule has 20 heavy (non-hydrogen) atoms. The van der Waals surface area contributed by atoms with Gasteiger partial charge in [-0.05, 0) is 51.3 Å². The maximum atomic E-state index is 11.1. The monoisotopic (exact) mass is 274 g/mol. The third-order valence-electron chi connectivity index (χ3n) is 5.18. The smallest absolute Gasteiger partial charge is 0.0988 e. The SMILES string of the molecule is Cc1cncc(C(O)C2(N3CCCCC3)CCCC2)c1. The molecule has 0 aromatic carbocycles. The van der Waals surface area contributed by atoms with E-state index in [4.69, 9.17) is 0 Å². The zero-order chi connectivity index (χ0) is 14.0. The second-order valence-corrected chi connectivity index (χ2v) is 6.56. The number of aromatic nitrogens is 1. The largest absolute Gasteiger partial charge is 0.386 e. The maximum Gasteiger partial charge on any atom is 0.0988 e. The topological polar surface area (TPSA) is 36.4 Å². The van der Waals surface area contributed by atoms with Crippen LogP contribution in [-0.2, 0) is 0 Å². The second kappa shape index (κ2) is 5.82. The van der Waals surface area contributed by atoms with Crippen LogP contribution in [0.3, 0.4) is 0 Å². The van der Waals surface area contributed by atoms with Crippen LogP contribution in [0.2, 0.25) is 0 Å². The Hall–Kier alpha value is -0.930. The molecule has 1 aromatic rings. The summed E-state index contributed by atoms with van der Waals surface area (Å²) in [6.45, 7) is 4.35. The van der Waals surface area contributed by atoms with Crippen LogP contribution < -0.4 is 0 Å². The number of nitrogens with zero attached hydrogens (tertiary/aromatic N) is 2. The van der Waals surface area contributed by atoms with Gasteiger partial charge >= 0.3 is 0 Å². The van der Waals surface area contributed by atoms with E-state index in [9.17, 15) is 5.11 Å². The van der Waals surface area contributed by atoms with Crippen LogP contribution in [-0.4, -0.2) is 33.6 Å². The molecule has 2 heterocycles. The Bertz CT molecular complexity index is 448. The molecule has 3 nitrogen and oxygen atoms in total. The number of hydrogen-bond acceptors (Lipinski definition) is 3. The Balaban J connectivity index is 1.89. The molecule has 1 aliphatic carbocycles. The molecule has 1 atom stereocenters. The van der Waals surface area contributed by atoms with Crippen molar-refractivity contribution in [2.45, 2.75) is 63.5 Å². The highest BCUT2D eigenvalue weighted by Crippen LogP contribution is 2.45. The van der Waals surface area contributed by atoms with Gasteiger partial charge in [-0.25, -0.2) is 0 Å². The van der Waals surface area contributed by atoms with Gasteiger partial charge < -0.3 is 5.11 Å². The standard InChI is InChI=1S/C17H26N2O/c1-14-11-15(13-18-12-14)16(20)17(7-3-4-8-17)19-9-5-2-6-10-19/h11-13,16,20H,2-10H2,1H3. The van der Waals surface area contributed by atoms with Crippen molar-refractivity contribution in [3.8, 4) is 0 Å². The van der Waals surface area contributed by atoms with Crippen LogP contribution in [0.5, 0.6) is 0 Å². The van der Waals surface area contributed by atoms with Crippen molar-refractivity contribution in [2.24, 2.45) is 0 Å². The molecular weight excluding hydrogens is 248 g/mol. The number of rotatable bonds is 3. The number of aliphatic hydroxyl groups excluding tert-OH is 1. The normalized spacial score (nSPS) is 24.7. The average Bonchev–Trinajstić information content (AvgIpc) is 2.98. The van der Waals surface area contributed by atoms with Gasteiger partial charge in [-0.3, -0.25) is 9.88 Å². The quantitative estimate of drug-likeness (QED) is 0.919. The van der Waals surface area contributed by atoms with Crippen molar-refractivity contribution in [2.75, 3.05) is 13.1 Å². The Labute approximate surface area is 122 Å². The fourth-order valence-corrected chi connectivity index (χ4v) is 4.13. The number of aliphatic hydroxyl groups is 1. The minimum atomic E-state index is -0.393. The summed E-state index contributed by atoms with van der Waals surface area (Å²) in [7, 11) is 0. The second-order valence-electron chi connectivity index (χ2n) is 6.56. The molecule has 1 unspecified atom stereocenters. The maximum absolute atomic E-state index is 11.1. The number of aryl methyl sites for hydroxylation is 1. The number of pyridine rings is 1. The van der Waals surface area contributed by atoms with Gasteiger partial charge in [0, 0.05) is 18.0 Å². The summed E-state index contributed by atoms with van der Waals surface area (Å²) < 4.78 is 0. The molecular formula is C17H26N2O. The lowest BCUT2D eigenvalue weighted by molar-refractivity contribution is -0.0406. The molecule has 3 heteroatoms. The van der Waals surface area contributed by atoms with E-state index in [0.717, 1.165) is 37.1 Å². The summed E-state index contributed by atoms with van der Waals surface area (Å²) in [6.07, 6.45) is 12.0. The highest BCUT2D eigenvalue weighted by Gasteiger charge is 2.46. The molecule has 2 aliphatic rings. The van der Waals surface area contributed by atoms with Crippen LogP contribution in [0.25, 0.3) is 0 Å². The van der Waals surface area contributed by atoms with Crippen LogP contribution in [0.15, 0.2) is 18.5 Å². The van der Waals surface area contributed by atoms with Gasteiger partial charge in [0.1, 0.15) is 0 Å². The van der Waals surface area contributed by atoms with Crippen molar-refractivity contribution < 1.29 is 5.11 Å². The van der Waals surface area contributed by atoms with Crippen molar-refractivity contribution in [3.63, 3.8) is 0 Å². The average molecular weight is 274 g/mol. The highest BCUT2D eigenvalue weighted by atomic mass is 16.3. The van der Waals surface area contributed by atoms with Gasteiger partial charge in [0.05, 0.1) is 11.6 Å². The number of piperidine rings is 1. The van der Waals surface area contributed by atoms with Crippen LogP contribution in [0, 0.1) is 6.92 Å². The van der Waals surface area contributed by atoms with Gasteiger partial charge in [-0.1, -0.05) is 25.3 Å². The van der Waals surface area contributed by atoms with Crippen molar-refractivity contribution >= 4 is 0 Å².